The fraction of sp³-hybridized carbons (Fsp3) is 0.353. The monoisotopic (exact) mass is 384 g/mol. The number of amides is 1. The van der Waals surface area contributed by atoms with E-state index in [0.717, 1.165) is 54.1 Å². The van der Waals surface area contributed by atoms with Crippen LogP contribution >= 0.6 is 11.7 Å². The maximum Gasteiger partial charge on any atom is 0.254 e. The molecule has 1 amide bonds. The van der Waals surface area contributed by atoms with E-state index in [1.165, 1.54) is 6.20 Å². The molecule has 0 radical (unpaired) electrons. The van der Waals surface area contributed by atoms with E-state index < -0.39 is 5.91 Å². The molecule has 9 nitrogen and oxygen atoms in total. The molecule has 2 atom stereocenters. The van der Waals surface area contributed by atoms with Crippen molar-refractivity contribution in [3.8, 4) is 0 Å². The number of hydrogen-bond donors (Lipinski definition) is 4. The maximum atomic E-state index is 11.8. The van der Waals surface area contributed by atoms with Crippen LogP contribution in [0.15, 0.2) is 24.4 Å². The molecular weight excluding hydrogens is 364 g/mol. The van der Waals surface area contributed by atoms with E-state index in [4.69, 9.17) is 11.5 Å². The van der Waals surface area contributed by atoms with E-state index in [9.17, 15) is 4.79 Å². The van der Waals surface area contributed by atoms with Gasteiger partial charge in [0, 0.05) is 24.0 Å². The van der Waals surface area contributed by atoms with Gasteiger partial charge < -0.3 is 22.1 Å². The molecule has 6 N–H and O–H groups in total. The Morgan fingerprint density at radius 3 is 2.81 bits per heavy atom. The van der Waals surface area contributed by atoms with Gasteiger partial charge in [0.25, 0.3) is 5.91 Å². The number of nitrogens with zero attached hydrogens (tertiary/aromatic N) is 4. The van der Waals surface area contributed by atoms with Crippen LogP contribution in [0.2, 0.25) is 0 Å². The van der Waals surface area contributed by atoms with Crippen LogP contribution in [0.5, 0.6) is 0 Å². The first-order valence-corrected chi connectivity index (χ1v) is 9.51. The normalized spacial score (nSPS) is 19.7. The minimum Gasteiger partial charge on any atom is -0.365 e. The van der Waals surface area contributed by atoms with Crippen molar-refractivity contribution >= 4 is 46.1 Å². The molecule has 1 aromatic carbocycles. The molecule has 2 heterocycles. The van der Waals surface area contributed by atoms with E-state index in [0.29, 0.717) is 11.8 Å². The van der Waals surface area contributed by atoms with Crippen molar-refractivity contribution in [3.63, 3.8) is 0 Å². The molecule has 1 aliphatic carbocycles. The fourth-order valence-electron chi connectivity index (χ4n) is 3.23. The lowest BCUT2D eigenvalue weighted by Gasteiger charge is -2.29. The van der Waals surface area contributed by atoms with Crippen molar-refractivity contribution in [3.05, 3.63) is 30.0 Å². The van der Waals surface area contributed by atoms with Crippen LogP contribution in [0.3, 0.4) is 0 Å². The van der Waals surface area contributed by atoms with Gasteiger partial charge >= 0.3 is 0 Å². The van der Waals surface area contributed by atoms with E-state index in [1.807, 2.05) is 18.2 Å². The smallest absolute Gasteiger partial charge is 0.254 e. The van der Waals surface area contributed by atoms with Gasteiger partial charge in [-0.05, 0) is 31.0 Å². The molecule has 1 aliphatic rings. The fourth-order valence-corrected chi connectivity index (χ4v) is 3.75. The summed E-state index contributed by atoms with van der Waals surface area (Å²) in [5.41, 5.74) is 14.2. The number of rotatable bonds is 5. The molecule has 4 rings (SSSR count). The lowest BCUT2D eigenvalue weighted by atomic mass is 9.91. The standard InChI is InChI=1S/C17H20N8OS/c18-11-3-1-2-4-12(11)22-17-20-8-10(15(19)26)16(23-17)21-9-5-6-13-14(7-9)25-27-24-13/h5-8,11-12H,1-4,18H2,(H2,19,26)(H2,20,21,22,23)/t11-,12+/m0/s1. The van der Waals surface area contributed by atoms with E-state index in [1.54, 1.807) is 0 Å². The van der Waals surface area contributed by atoms with Crippen molar-refractivity contribution in [1.82, 2.24) is 18.7 Å². The summed E-state index contributed by atoms with van der Waals surface area (Å²) in [4.78, 5) is 20.5. The topological polar surface area (TPSA) is 145 Å². The SMILES string of the molecule is NC(=O)c1cnc(N[C@@H]2CCCC[C@@H]2N)nc1Nc1ccc2nsnc2c1. The Hall–Kier alpha value is -2.85. The number of nitrogens with one attached hydrogen (secondary N) is 2. The third-order valence-corrected chi connectivity index (χ3v) is 5.26. The summed E-state index contributed by atoms with van der Waals surface area (Å²) >= 11 is 1.15. The second kappa shape index (κ2) is 7.41. The zero-order chi connectivity index (χ0) is 18.8. The van der Waals surface area contributed by atoms with Crippen LogP contribution in [0.1, 0.15) is 36.0 Å². The number of aromatic nitrogens is 4. The van der Waals surface area contributed by atoms with Gasteiger partial charge in [-0.3, -0.25) is 4.79 Å². The third-order valence-electron chi connectivity index (χ3n) is 4.70. The minimum absolute atomic E-state index is 0.0640. The Balaban J connectivity index is 1.61. The third kappa shape index (κ3) is 3.81. The number of primary amides is 1. The Morgan fingerprint density at radius 2 is 2.00 bits per heavy atom. The van der Waals surface area contributed by atoms with Gasteiger partial charge in [0.1, 0.15) is 22.4 Å². The predicted molar refractivity (Wildman–Crippen MR) is 105 cm³/mol. The van der Waals surface area contributed by atoms with Crippen molar-refractivity contribution in [1.29, 1.82) is 0 Å². The number of fused-ring (bicyclic) bond motifs is 1. The van der Waals surface area contributed by atoms with Crippen LogP contribution in [0.4, 0.5) is 17.5 Å². The average molecular weight is 384 g/mol. The van der Waals surface area contributed by atoms with Crippen LogP contribution < -0.4 is 22.1 Å². The number of anilines is 3. The van der Waals surface area contributed by atoms with Crippen LogP contribution in [-0.2, 0) is 0 Å². The van der Waals surface area contributed by atoms with Crippen molar-refractivity contribution in [2.24, 2.45) is 11.5 Å². The van der Waals surface area contributed by atoms with Crippen LogP contribution in [0, 0.1) is 0 Å². The highest BCUT2D eigenvalue weighted by Crippen LogP contribution is 2.24. The lowest BCUT2D eigenvalue weighted by Crippen LogP contribution is -2.43. The summed E-state index contributed by atoms with van der Waals surface area (Å²) in [6, 6.07) is 5.72. The molecule has 27 heavy (non-hydrogen) atoms. The number of benzene rings is 1. The molecule has 10 heteroatoms. The first-order chi connectivity index (χ1) is 13.1. The van der Waals surface area contributed by atoms with Crippen molar-refractivity contribution < 1.29 is 4.79 Å². The quantitative estimate of drug-likeness (QED) is 0.523. The minimum atomic E-state index is -0.602. The molecule has 1 fully saturated rings. The summed E-state index contributed by atoms with van der Waals surface area (Å²) in [6.07, 6.45) is 5.64. The zero-order valence-electron chi connectivity index (χ0n) is 14.6. The highest BCUT2D eigenvalue weighted by atomic mass is 32.1. The highest BCUT2D eigenvalue weighted by molar-refractivity contribution is 7.00. The summed E-state index contributed by atoms with van der Waals surface area (Å²) in [5, 5.41) is 6.43. The largest absolute Gasteiger partial charge is 0.365 e. The number of nitrogens with two attached hydrogens (primary N) is 2. The first kappa shape index (κ1) is 17.6. The molecule has 0 saturated heterocycles. The van der Waals surface area contributed by atoms with Gasteiger partial charge in [0.15, 0.2) is 0 Å². The molecule has 0 spiro atoms. The van der Waals surface area contributed by atoms with Crippen molar-refractivity contribution in [2.45, 2.75) is 37.8 Å². The molecule has 0 unspecified atom stereocenters. The van der Waals surface area contributed by atoms with Crippen LogP contribution in [0.25, 0.3) is 11.0 Å². The van der Waals surface area contributed by atoms with E-state index >= 15 is 0 Å². The molecule has 1 saturated carbocycles. The number of hydrogen-bond acceptors (Lipinski definition) is 9. The van der Waals surface area contributed by atoms with Gasteiger partial charge in [-0.2, -0.15) is 13.7 Å². The predicted octanol–water partition coefficient (Wildman–Crippen LogP) is 2.01. The lowest BCUT2D eigenvalue weighted by molar-refractivity contribution is 0.100. The average Bonchev–Trinajstić information content (AvgIpc) is 3.11. The zero-order valence-corrected chi connectivity index (χ0v) is 15.4. The molecule has 140 valence electrons. The molecule has 3 aromatic rings. The highest BCUT2D eigenvalue weighted by Gasteiger charge is 2.23. The van der Waals surface area contributed by atoms with Gasteiger partial charge in [0.2, 0.25) is 5.95 Å². The molecule has 0 bridgehead atoms. The first-order valence-electron chi connectivity index (χ1n) is 8.78. The molecular formula is C17H20N8OS. The second-order valence-electron chi connectivity index (χ2n) is 6.61. The molecule has 2 aromatic heterocycles. The summed E-state index contributed by atoms with van der Waals surface area (Å²) in [5.74, 6) is 0.156. The van der Waals surface area contributed by atoms with Gasteiger partial charge in [-0.15, -0.1) is 0 Å². The van der Waals surface area contributed by atoms with Gasteiger partial charge in [0.05, 0.1) is 11.7 Å². The van der Waals surface area contributed by atoms with Gasteiger partial charge in [-0.25, -0.2) is 4.98 Å². The van der Waals surface area contributed by atoms with Gasteiger partial charge in [-0.1, -0.05) is 12.8 Å². The number of carbonyl (C=O) groups excluding carboxylic acids is 1. The summed E-state index contributed by atoms with van der Waals surface area (Å²) < 4.78 is 8.40. The second-order valence-corrected chi connectivity index (χ2v) is 7.14. The van der Waals surface area contributed by atoms with E-state index in [-0.39, 0.29) is 17.6 Å². The Bertz CT molecular complexity index is 974. The summed E-state index contributed by atoms with van der Waals surface area (Å²) in [6.45, 7) is 0. The van der Waals surface area contributed by atoms with Crippen molar-refractivity contribution in [2.75, 3.05) is 10.6 Å². The Morgan fingerprint density at radius 1 is 1.19 bits per heavy atom. The summed E-state index contributed by atoms with van der Waals surface area (Å²) in [7, 11) is 0. The Kier molecular flexibility index (Phi) is 4.82. The maximum absolute atomic E-state index is 11.8. The van der Waals surface area contributed by atoms with E-state index in [2.05, 4.69) is 29.3 Å². The number of carbonyl (C=O) groups is 1. The Labute approximate surface area is 159 Å². The molecule has 0 aliphatic heterocycles. The van der Waals surface area contributed by atoms with Crippen LogP contribution in [-0.4, -0.2) is 36.7 Å².